The van der Waals surface area contributed by atoms with Crippen LogP contribution < -0.4 is 0 Å². The molecule has 2 aromatic rings. The van der Waals surface area contributed by atoms with Crippen molar-refractivity contribution in [2.45, 2.75) is 31.7 Å². The van der Waals surface area contributed by atoms with Crippen molar-refractivity contribution in [2.24, 2.45) is 0 Å². The number of carboxylic acid groups (broad SMARTS) is 1. The van der Waals surface area contributed by atoms with E-state index in [1.807, 2.05) is 25.1 Å². The number of hydrogen-bond acceptors (Lipinski definition) is 4. The quantitative estimate of drug-likeness (QED) is 0.671. The van der Waals surface area contributed by atoms with E-state index in [0.717, 1.165) is 40.2 Å². The Morgan fingerprint density at radius 1 is 1.37 bits per heavy atom. The van der Waals surface area contributed by atoms with Gasteiger partial charge in [-0.2, -0.15) is 0 Å². The smallest absolute Gasteiger partial charge is 0.313 e. The van der Waals surface area contributed by atoms with Crippen molar-refractivity contribution in [3.8, 4) is 0 Å². The average Bonchev–Trinajstić information content (AvgIpc) is 2.36. The van der Waals surface area contributed by atoms with E-state index in [1.165, 1.54) is 11.8 Å². The fourth-order valence-corrected chi connectivity index (χ4v) is 2.77. The highest BCUT2D eigenvalue weighted by Gasteiger charge is 2.11. The van der Waals surface area contributed by atoms with Crippen LogP contribution in [0.3, 0.4) is 0 Å². The maximum absolute atomic E-state index is 10.7. The fraction of sp³-hybridized carbons (Fsp3) is 0.357. The Balaban J connectivity index is 2.52. The molecule has 1 N–H and O–H groups in total. The van der Waals surface area contributed by atoms with Gasteiger partial charge in [0.1, 0.15) is 10.9 Å². The standard InChI is InChI=1S/C14H16N2O2S/c1-3-5-11-15-10-7-4-6-9(2)13(10)14(16-11)19-8-12(17)18/h4,6-7H,3,5,8H2,1-2H3,(H,17,18). The van der Waals surface area contributed by atoms with Crippen LogP contribution in [0, 0.1) is 6.92 Å². The zero-order valence-corrected chi connectivity index (χ0v) is 11.8. The van der Waals surface area contributed by atoms with Gasteiger partial charge in [-0.25, -0.2) is 9.97 Å². The van der Waals surface area contributed by atoms with Gasteiger partial charge in [-0.15, -0.1) is 0 Å². The molecule has 0 unspecified atom stereocenters. The van der Waals surface area contributed by atoms with Gasteiger partial charge in [0, 0.05) is 11.8 Å². The number of nitrogens with zero attached hydrogens (tertiary/aromatic N) is 2. The first-order valence-corrected chi connectivity index (χ1v) is 7.21. The van der Waals surface area contributed by atoms with Gasteiger partial charge in [0.2, 0.25) is 0 Å². The summed E-state index contributed by atoms with van der Waals surface area (Å²) in [5, 5.41) is 10.6. The van der Waals surface area contributed by atoms with E-state index < -0.39 is 5.97 Å². The number of aromatic nitrogens is 2. The summed E-state index contributed by atoms with van der Waals surface area (Å²) in [5.74, 6) is -0.0256. The number of aryl methyl sites for hydroxylation is 2. The van der Waals surface area contributed by atoms with Crippen LogP contribution in [-0.4, -0.2) is 26.8 Å². The van der Waals surface area contributed by atoms with Gasteiger partial charge in [0.15, 0.2) is 0 Å². The normalized spacial score (nSPS) is 10.8. The molecule has 0 saturated heterocycles. The average molecular weight is 276 g/mol. The summed E-state index contributed by atoms with van der Waals surface area (Å²) in [5.41, 5.74) is 1.97. The Morgan fingerprint density at radius 3 is 2.84 bits per heavy atom. The van der Waals surface area contributed by atoms with Gasteiger partial charge in [0.05, 0.1) is 11.3 Å². The summed E-state index contributed by atoms with van der Waals surface area (Å²) < 4.78 is 0. The maximum Gasteiger partial charge on any atom is 0.313 e. The number of fused-ring (bicyclic) bond motifs is 1. The molecule has 1 aromatic heterocycles. The molecule has 0 aliphatic heterocycles. The molecule has 0 bridgehead atoms. The minimum atomic E-state index is -0.831. The Bertz CT molecular complexity index is 614. The molecular weight excluding hydrogens is 260 g/mol. The lowest BCUT2D eigenvalue weighted by molar-refractivity contribution is -0.133. The number of hydrogen-bond donors (Lipinski definition) is 1. The molecule has 5 heteroatoms. The Hall–Kier alpha value is -1.62. The number of thioether (sulfide) groups is 1. The largest absolute Gasteiger partial charge is 0.481 e. The van der Waals surface area contributed by atoms with Crippen molar-refractivity contribution >= 4 is 28.6 Å². The third kappa shape index (κ3) is 3.23. The van der Waals surface area contributed by atoms with E-state index in [0.29, 0.717) is 0 Å². The van der Waals surface area contributed by atoms with Crippen molar-refractivity contribution in [2.75, 3.05) is 5.75 Å². The fourth-order valence-electron chi connectivity index (χ4n) is 1.93. The summed E-state index contributed by atoms with van der Waals surface area (Å²) >= 11 is 1.26. The molecule has 19 heavy (non-hydrogen) atoms. The molecule has 0 radical (unpaired) electrons. The molecule has 2 rings (SSSR count). The SMILES string of the molecule is CCCc1nc(SCC(=O)O)c2c(C)cccc2n1. The molecule has 0 fully saturated rings. The number of carbonyl (C=O) groups is 1. The van der Waals surface area contributed by atoms with Gasteiger partial charge >= 0.3 is 5.97 Å². The van der Waals surface area contributed by atoms with Crippen molar-refractivity contribution in [1.82, 2.24) is 9.97 Å². The second-order valence-corrected chi connectivity index (χ2v) is 5.31. The van der Waals surface area contributed by atoms with Gasteiger partial charge < -0.3 is 5.11 Å². The molecule has 0 saturated carbocycles. The van der Waals surface area contributed by atoms with Crippen molar-refractivity contribution in [3.05, 3.63) is 29.6 Å². The second kappa shape index (κ2) is 6.02. The molecular formula is C14H16N2O2S. The second-order valence-electron chi connectivity index (χ2n) is 4.35. The predicted molar refractivity (Wildman–Crippen MR) is 76.6 cm³/mol. The van der Waals surface area contributed by atoms with Crippen LogP contribution in [0.5, 0.6) is 0 Å². The highest BCUT2D eigenvalue weighted by molar-refractivity contribution is 8.00. The van der Waals surface area contributed by atoms with Crippen molar-refractivity contribution < 1.29 is 9.90 Å². The number of carboxylic acids is 1. The summed E-state index contributed by atoms with van der Waals surface area (Å²) in [4.78, 5) is 19.8. The Labute approximate surface area is 116 Å². The van der Waals surface area contributed by atoms with Crippen LogP contribution in [0.25, 0.3) is 10.9 Å². The highest BCUT2D eigenvalue weighted by atomic mass is 32.2. The highest BCUT2D eigenvalue weighted by Crippen LogP contribution is 2.28. The minimum absolute atomic E-state index is 0.0199. The van der Waals surface area contributed by atoms with Crippen LogP contribution in [0.4, 0.5) is 0 Å². The zero-order chi connectivity index (χ0) is 13.8. The van der Waals surface area contributed by atoms with E-state index >= 15 is 0 Å². The molecule has 0 spiro atoms. The van der Waals surface area contributed by atoms with Crippen LogP contribution in [0.1, 0.15) is 24.7 Å². The third-order valence-electron chi connectivity index (χ3n) is 2.75. The zero-order valence-electron chi connectivity index (χ0n) is 11.0. The lowest BCUT2D eigenvalue weighted by atomic mass is 10.1. The van der Waals surface area contributed by atoms with Gasteiger partial charge in [-0.3, -0.25) is 4.79 Å². The molecule has 0 amide bonds. The summed E-state index contributed by atoms with van der Waals surface area (Å²) in [6.07, 6.45) is 1.78. The molecule has 1 aromatic carbocycles. The van der Waals surface area contributed by atoms with Crippen molar-refractivity contribution in [3.63, 3.8) is 0 Å². The summed E-state index contributed by atoms with van der Waals surface area (Å²) in [7, 11) is 0. The van der Waals surface area contributed by atoms with E-state index in [2.05, 4.69) is 16.9 Å². The number of aliphatic carboxylic acids is 1. The lowest BCUT2D eigenvalue weighted by Crippen LogP contribution is -2.02. The first kappa shape index (κ1) is 13.8. The first-order chi connectivity index (χ1) is 9.11. The molecule has 100 valence electrons. The molecule has 4 nitrogen and oxygen atoms in total. The monoisotopic (exact) mass is 276 g/mol. The van der Waals surface area contributed by atoms with Crippen LogP contribution in [0.15, 0.2) is 23.2 Å². The third-order valence-corrected chi connectivity index (χ3v) is 3.71. The number of rotatable bonds is 5. The van der Waals surface area contributed by atoms with Gasteiger partial charge in [-0.05, 0) is 25.0 Å². The molecule has 0 aliphatic rings. The molecule has 0 atom stereocenters. The lowest BCUT2D eigenvalue weighted by Gasteiger charge is -2.09. The predicted octanol–water partition coefficient (Wildman–Crippen LogP) is 3.07. The summed E-state index contributed by atoms with van der Waals surface area (Å²) in [6.45, 7) is 4.07. The van der Waals surface area contributed by atoms with E-state index in [9.17, 15) is 4.79 Å². The molecule has 1 heterocycles. The van der Waals surface area contributed by atoms with Gasteiger partial charge in [-0.1, -0.05) is 30.8 Å². The minimum Gasteiger partial charge on any atom is -0.481 e. The Kier molecular flexibility index (Phi) is 4.37. The summed E-state index contributed by atoms with van der Waals surface area (Å²) in [6, 6.07) is 5.91. The van der Waals surface area contributed by atoms with E-state index in [1.54, 1.807) is 0 Å². The first-order valence-electron chi connectivity index (χ1n) is 6.22. The molecule has 0 aliphatic carbocycles. The van der Waals surface area contributed by atoms with Crippen LogP contribution >= 0.6 is 11.8 Å². The van der Waals surface area contributed by atoms with E-state index in [4.69, 9.17) is 5.11 Å². The van der Waals surface area contributed by atoms with Crippen LogP contribution in [0.2, 0.25) is 0 Å². The topological polar surface area (TPSA) is 63.1 Å². The number of benzene rings is 1. The Morgan fingerprint density at radius 2 is 2.16 bits per heavy atom. The van der Waals surface area contributed by atoms with Crippen LogP contribution in [-0.2, 0) is 11.2 Å². The maximum atomic E-state index is 10.7. The van der Waals surface area contributed by atoms with Gasteiger partial charge in [0.25, 0.3) is 0 Å². The van der Waals surface area contributed by atoms with Crippen molar-refractivity contribution in [1.29, 1.82) is 0 Å². The van der Waals surface area contributed by atoms with E-state index in [-0.39, 0.29) is 5.75 Å².